The standard InChI is InChI=1S/C22H20F2N4O4S/c23-16-5-1-14(2-6-16)11-25-21(29)28-12-22(13-28)18(9-10-33(22,30)31)20-26-19(27-32-20)15-3-7-17(24)8-4-15/h1-8,18H,9-13H2,(H,25,29). The van der Waals surface area contributed by atoms with E-state index in [0.717, 1.165) is 5.56 Å². The predicted molar refractivity (Wildman–Crippen MR) is 114 cm³/mol. The summed E-state index contributed by atoms with van der Waals surface area (Å²) in [4.78, 5) is 18.3. The summed E-state index contributed by atoms with van der Waals surface area (Å²) in [6.07, 6.45) is 0.318. The number of hydrogen-bond acceptors (Lipinski definition) is 6. The van der Waals surface area contributed by atoms with Gasteiger partial charge in [0.15, 0.2) is 9.84 Å². The van der Waals surface area contributed by atoms with Gasteiger partial charge < -0.3 is 14.7 Å². The zero-order chi connectivity index (χ0) is 23.2. The lowest BCUT2D eigenvalue weighted by Gasteiger charge is -2.48. The highest BCUT2D eigenvalue weighted by atomic mass is 32.2. The highest BCUT2D eigenvalue weighted by Gasteiger charge is 2.64. The number of nitrogens with one attached hydrogen (secondary N) is 1. The van der Waals surface area contributed by atoms with E-state index < -0.39 is 32.4 Å². The first-order valence-corrected chi connectivity index (χ1v) is 12.0. The average Bonchev–Trinajstić information content (AvgIpc) is 3.34. The van der Waals surface area contributed by atoms with Crippen LogP contribution < -0.4 is 5.32 Å². The van der Waals surface area contributed by atoms with Crippen LogP contribution in [0.1, 0.15) is 23.8 Å². The van der Waals surface area contributed by atoms with Gasteiger partial charge in [0.05, 0.1) is 11.7 Å². The zero-order valence-corrected chi connectivity index (χ0v) is 18.2. The van der Waals surface area contributed by atoms with E-state index in [0.29, 0.717) is 12.0 Å². The fourth-order valence-corrected chi connectivity index (χ4v) is 6.76. The smallest absolute Gasteiger partial charge is 0.317 e. The van der Waals surface area contributed by atoms with Crippen LogP contribution in [0, 0.1) is 11.6 Å². The van der Waals surface area contributed by atoms with Crippen LogP contribution in [0.15, 0.2) is 53.1 Å². The summed E-state index contributed by atoms with van der Waals surface area (Å²) in [5.41, 5.74) is 1.28. The monoisotopic (exact) mass is 474 g/mol. The van der Waals surface area contributed by atoms with Gasteiger partial charge in [0.2, 0.25) is 11.7 Å². The summed E-state index contributed by atoms with van der Waals surface area (Å²) in [5, 5.41) is 6.66. The van der Waals surface area contributed by atoms with Crippen molar-refractivity contribution >= 4 is 15.9 Å². The Bertz CT molecular complexity index is 1290. The Morgan fingerprint density at radius 1 is 1.09 bits per heavy atom. The third-order valence-electron chi connectivity index (χ3n) is 6.33. The minimum Gasteiger partial charge on any atom is -0.339 e. The molecule has 2 amide bonds. The quantitative estimate of drug-likeness (QED) is 0.624. The number of likely N-dealkylation sites (tertiary alicyclic amines) is 1. The number of benzene rings is 2. The number of aromatic nitrogens is 2. The van der Waals surface area contributed by atoms with Crippen molar-refractivity contribution in [1.29, 1.82) is 0 Å². The number of nitrogens with zero attached hydrogens (tertiary/aromatic N) is 3. The Morgan fingerprint density at radius 2 is 1.73 bits per heavy atom. The molecule has 3 aromatic rings. The van der Waals surface area contributed by atoms with Crippen LogP contribution in [0.5, 0.6) is 0 Å². The SMILES string of the molecule is O=C(NCc1ccc(F)cc1)N1CC2(C1)C(c1nc(-c3ccc(F)cc3)no1)CCS2(=O)=O. The summed E-state index contributed by atoms with van der Waals surface area (Å²) in [6, 6.07) is 10.9. The van der Waals surface area contributed by atoms with E-state index in [1.165, 1.54) is 41.3 Å². The van der Waals surface area contributed by atoms with Gasteiger partial charge in [-0.25, -0.2) is 22.0 Å². The summed E-state index contributed by atoms with van der Waals surface area (Å²) < 4.78 is 56.3. The molecular weight excluding hydrogens is 454 g/mol. The number of sulfone groups is 1. The van der Waals surface area contributed by atoms with Gasteiger partial charge in [-0.3, -0.25) is 0 Å². The van der Waals surface area contributed by atoms with Crippen LogP contribution >= 0.6 is 0 Å². The molecule has 1 N–H and O–H groups in total. The first-order chi connectivity index (χ1) is 15.8. The number of urea groups is 1. The van der Waals surface area contributed by atoms with Crippen LogP contribution in [0.4, 0.5) is 13.6 Å². The van der Waals surface area contributed by atoms with Crippen molar-refractivity contribution < 1.29 is 26.5 Å². The molecule has 2 fully saturated rings. The normalized spacial score (nSPS) is 20.5. The summed E-state index contributed by atoms with van der Waals surface area (Å²) in [6.45, 7) is 0.233. The maximum atomic E-state index is 13.2. The molecule has 33 heavy (non-hydrogen) atoms. The molecule has 2 aliphatic heterocycles. The van der Waals surface area contributed by atoms with Gasteiger partial charge in [0.25, 0.3) is 0 Å². The largest absolute Gasteiger partial charge is 0.339 e. The molecule has 1 atom stereocenters. The van der Waals surface area contributed by atoms with E-state index in [4.69, 9.17) is 4.52 Å². The minimum absolute atomic E-state index is 0.0174. The third kappa shape index (κ3) is 3.75. The topological polar surface area (TPSA) is 105 Å². The number of carbonyl (C=O) groups is 1. The van der Waals surface area contributed by atoms with Crippen molar-refractivity contribution in [3.8, 4) is 11.4 Å². The van der Waals surface area contributed by atoms with Crippen molar-refractivity contribution in [2.24, 2.45) is 0 Å². The highest BCUT2D eigenvalue weighted by Crippen LogP contribution is 2.49. The maximum Gasteiger partial charge on any atom is 0.317 e. The second-order valence-electron chi connectivity index (χ2n) is 8.33. The first kappa shape index (κ1) is 21.5. The molecule has 8 nitrogen and oxygen atoms in total. The highest BCUT2D eigenvalue weighted by molar-refractivity contribution is 7.93. The third-order valence-corrected chi connectivity index (χ3v) is 8.89. The summed E-state index contributed by atoms with van der Waals surface area (Å²) in [7, 11) is -3.49. The number of hydrogen-bond donors (Lipinski definition) is 1. The van der Waals surface area contributed by atoms with Crippen molar-refractivity contribution in [3.05, 3.63) is 71.6 Å². The maximum absolute atomic E-state index is 13.2. The van der Waals surface area contributed by atoms with E-state index in [1.807, 2.05) is 0 Å². The Hall–Kier alpha value is -3.34. The van der Waals surface area contributed by atoms with Gasteiger partial charge in [-0.15, -0.1) is 0 Å². The molecule has 2 aromatic carbocycles. The fraction of sp³-hybridized carbons (Fsp3) is 0.318. The molecule has 1 spiro atoms. The van der Waals surface area contributed by atoms with Crippen molar-refractivity contribution in [1.82, 2.24) is 20.4 Å². The van der Waals surface area contributed by atoms with Crippen molar-refractivity contribution in [2.75, 3.05) is 18.8 Å². The Balaban J connectivity index is 1.29. The van der Waals surface area contributed by atoms with Gasteiger partial charge in [-0.1, -0.05) is 17.3 Å². The summed E-state index contributed by atoms with van der Waals surface area (Å²) >= 11 is 0. The Morgan fingerprint density at radius 3 is 2.39 bits per heavy atom. The van der Waals surface area contributed by atoms with Gasteiger partial charge in [0, 0.05) is 25.2 Å². The van der Waals surface area contributed by atoms with Gasteiger partial charge in [-0.2, -0.15) is 4.98 Å². The van der Waals surface area contributed by atoms with E-state index >= 15 is 0 Å². The van der Waals surface area contributed by atoms with Crippen LogP contribution in [-0.2, 0) is 16.4 Å². The van der Waals surface area contributed by atoms with Gasteiger partial charge >= 0.3 is 6.03 Å². The first-order valence-electron chi connectivity index (χ1n) is 10.4. The molecule has 11 heteroatoms. The molecule has 0 aliphatic carbocycles. The molecule has 3 heterocycles. The number of amides is 2. The molecule has 2 saturated heterocycles. The molecule has 1 aromatic heterocycles. The van der Waals surface area contributed by atoms with Crippen molar-refractivity contribution in [2.45, 2.75) is 23.6 Å². The second kappa shape index (κ2) is 7.91. The number of rotatable bonds is 4. The molecule has 0 radical (unpaired) electrons. The van der Waals surface area contributed by atoms with E-state index in [2.05, 4.69) is 15.5 Å². The lowest BCUT2D eigenvalue weighted by molar-refractivity contribution is 0.116. The lowest BCUT2D eigenvalue weighted by atomic mass is 9.83. The van der Waals surface area contributed by atoms with Crippen LogP contribution in [0.3, 0.4) is 0 Å². The molecular formula is C22H20F2N4O4S. The molecule has 5 rings (SSSR count). The van der Waals surface area contributed by atoms with Crippen molar-refractivity contribution in [3.63, 3.8) is 0 Å². The number of halogens is 2. The van der Waals surface area contributed by atoms with Crippen LogP contribution in [-0.4, -0.2) is 53.1 Å². The Kier molecular flexibility index (Phi) is 5.15. The molecule has 1 unspecified atom stereocenters. The molecule has 2 aliphatic rings. The van der Waals surface area contributed by atoms with Gasteiger partial charge in [0.1, 0.15) is 16.4 Å². The zero-order valence-electron chi connectivity index (χ0n) is 17.4. The van der Waals surface area contributed by atoms with Crippen LogP contribution in [0.25, 0.3) is 11.4 Å². The Labute approximate surface area is 188 Å². The fourth-order valence-electron chi connectivity index (χ4n) is 4.45. The molecule has 172 valence electrons. The molecule has 0 bridgehead atoms. The lowest BCUT2D eigenvalue weighted by Crippen LogP contribution is -2.69. The van der Waals surface area contributed by atoms with Crippen LogP contribution in [0.2, 0.25) is 0 Å². The minimum atomic E-state index is -3.49. The van der Waals surface area contributed by atoms with Gasteiger partial charge in [-0.05, 0) is 48.4 Å². The second-order valence-corrected chi connectivity index (χ2v) is 10.8. The predicted octanol–water partition coefficient (Wildman–Crippen LogP) is 2.88. The summed E-state index contributed by atoms with van der Waals surface area (Å²) in [5.74, 6) is -0.882. The van der Waals surface area contributed by atoms with E-state index in [-0.39, 0.29) is 42.9 Å². The number of carbonyl (C=O) groups excluding carboxylic acids is 1. The average molecular weight is 474 g/mol. The van der Waals surface area contributed by atoms with E-state index in [9.17, 15) is 22.0 Å². The molecule has 0 saturated carbocycles. The van der Waals surface area contributed by atoms with E-state index in [1.54, 1.807) is 12.1 Å².